The minimum absolute atomic E-state index is 0.300. The second kappa shape index (κ2) is 2.69. The molecule has 0 amide bonds. The van der Waals surface area contributed by atoms with Gasteiger partial charge in [0.25, 0.3) is 5.56 Å². The van der Waals surface area contributed by atoms with Crippen molar-refractivity contribution in [1.29, 1.82) is 0 Å². The highest BCUT2D eigenvalue weighted by atomic mass is 16.2. The first-order valence-electron chi connectivity index (χ1n) is 3.90. The number of aryl methyl sites for hydroxylation is 1. The molecule has 6 nitrogen and oxygen atoms in total. The second-order valence-corrected chi connectivity index (χ2v) is 2.92. The minimum Gasteiger partial charge on any atom is -0.327 e. The molecule has 2 aromatic heterocycles. The van der Waals surface area contributed by atoms with Crippen LogP contribution in [0.2, 0.25) is 0 Å². The zero-order chi connectivity index (χ0) is 10.3. The first-order chi connectivity index (χ1) is 6.63. The molecule has 2 N–H and O–H groups in total. The summed E-state index contributed by atoms with van der Waals surface area (Å²) in [7, 11) is 1.60. The molecule has 0 atom stereocenters. The monoisotopic (exact) mass is 193 g/mol. The number of rotatable bonds is 1. The minimum atomic E-state index is -0.582. The predicted molar refractivity (Wildman–Crippen MR) is 49.5 cm³/mol. The highest BCUT2D eigenvalue weighted by Gasteiger charge is 2.08. The van der Waals surface area contributed by atoms with Crippen molar-refractivity contribution in [3.63, 3.8) is 0 Å². The van der Waals surface area contributed by atoms with E-state index in [0.717, 1.165) is 0 Å². The van der Waals surface area contributed by atoms with E-state index in [1.807, 2.05) is 0 Å². The third-order valence-electron chi connectivity index (χ3n) is 2.09. The van der Waals surface area contributed by atoms with Gasteiger partial charge in [-0.15, -0.1) is 0 Å². The van der Waals surface area contributed by atoms with Crippen LogP contribution in [-0.2, 0) is 7.05 Å². The second-order valence-electron chi connectivity index (χ2n) is 2.92. The molecule has 0 fully saturated rings. The summed E-state index contributed by atoms with van der Waals surface area (Å²) < 4.78 is 1.46. The number of carbonyl (C=O) groups excluding carboxylic acids is 1. The predicted octanol–water partition coefficient (Wildman–Crippen LogP) is -0.633. The molecule has 2 aromatic rings. The third kappa shape index (κ3) is 1.00. The van der Waals surface area contributed by atoms with E-state index >= 15 is 0 Å². The maximum Gasteiger partial charge on any atom is 0.327 e. The molecule has 6 heteroatoms. The van der Waals surface area contributed by atoms with Crippen LogP contribution in [0.15, 0.2) is 15.7 Å². The average molecular weight is 193 g/mol. The Kier molecular flexibility index (Phi) is 1.63. The molecule has 0 bridgehead atoms. The summed E-state index contributed by atoms with van der Waals surface area (Å²) in [6, 6.07) is 1.43. The molecule has 2 rings (SSSR count). The molecular formula is C8H7N3O3. The largest absolute Gasteiger partial charge is 0.327 e. The van der Waals surface area contributed by atoms with Gasteiger partial charge < -0.3 is 4.57 Å². The fourth-order valence-corrected chi connectivity index (χ4v) is 1.37. The molecule has 0 aliphatic heterocycles. The number of nitrogens with zero attached hydrogens (tertiary/aromatic N) is 1. The van der Waals surface area contributed by atoms with Crippen molar-refractivity contribution in [3.8, 4) is 0 Å². The molecule has 14 heavy (non-hydrogen) atoms. The molecule has 72 valence electrons. The lowest BCUT2D eigenvalue weighted by atomic mass is 10.4. The van der Waals surface area contributed by atoms with Crippen LogP contribution < -0.4 is 11.2 Å². The molecule has 0 radical (unpaired) electrons. The number of aromatic amines is 2. The normalized spacial score (nSPS) is 10.6. The van der Waals surface area contributed by atoms with E-state index in [1.54, 1.807) is 7.05 Å². The van der Waals surface area contributed by atoms with Gasteiger partial charge in [0.15, 0.2) is 6.29 Å². The van der Waals surface area contributed by atoms with Crippen molar-refractivity contribution >= 4 is 17.3 Å². The molecule has 0 aromatic carbocycles. The maximum absolute atomic E-state index is 11.3. The summed E-state index contributed by atoms with van der Waals surface area (Å²) in [6.07, 6.45) is 0.623. The molecule has 0 aliphatic rings. The quantitative estimate of drug-likeness (QED) is 0.591. The molecule has 0 saturated heterocycles. The number of hydrogen-bond donors (Lipinski definition) is 2. The van der Waals surface area contributed by atoms with Crippen LogP contribution >= 0.6 is 0 Å². The highest BCUT2D eigenvalue weighted by Crippen LogP contribution is 2.08. The molecule has 0 spiro atoms. The van der Waals surface area contributed by atoms with Crippen LogP contribution in [0, 0.1) is 0 Å². The third-order valence-corrected chi connectivity index (χ3v) is 2.09. The first kappa shape index (κ1) is 8.49. The molecule has 2 heterocycles. The standard InChI is InChI=1S/C8H7N3O3/c1-11-4(3-12)2-5-6(11)9-8(14)10-7(5)13/h2-3H,1H3,(H2,9,10,13,14). The number of aromatic nitrogens is 3. The topological polar surface area (TPSA) is 87.7 Å². The van der Waals surface area contributed by atoms with E-state index in [2.05, 4.69) is 9.97 Å². The first-order valence-corrected chi connectivity index (χ1v) is 3.90. The fraction of sp³-hybridized carbons (Fsp3) is 0.125. The van der Waals surface area contributed by atoms with E-state index in [0.29, 0.717) is 23.0 Å². The molecular weight excluding hydrogens is 186 g/mol. The zero-order valence-corrected chi connectivity index (χ0v) is 7.33. The Morgan fingerprint density at radius 1 is 1.36 bits per heavy atom. The van der Waals surface area contributed by atoms with Gasteiger partial charge in [0.1, 0.15) is 5.65 Å². The van der Waals surface area contributed by atoms with E-state index in [-0.39, 0.29) is 0 Å². The number of H-pyrrole nitrogens is 2. The molecule has 0 aliphatic carbocycles. The van der Waals surface area contributed by atoms with E-state index in [9.17, 15) is 14.4 Å². The van der Waals surface area contributed by atoms with E-state index < -0.39 is 11.2 Å². The summed E-state index contributed by atoms with van der Waals surface area (Å²) in [5.41, 5.74) is -0.387. The number of carbonyl (C=O) groups is 1. The lowest BCUT2D eigenvalue weighted by Crippen LogP contribution is -2.21. The highest BCUT2D eigenvalue weighted by molar-refractivity contribution is 5.85. The van der Waals surface area contributed by atoms with Gasteiger partial charge in [-0.1, -0.05) is 0 Å². The Morgan fingerprint density at radius 3 is 2.71 bits per heavy atom. The maximum atomic E-state index is 11.3. The number of fused-ring (bicyclic) bond motifs is 1. The van der Waals surface area contributed by atoms with Crippen LogP contribution in [0.5, 0.6) is 0 Å². The molecule has 0 unspecified atom stereocenters. The summed E-state index contributed by atoms with van der Waals surface area (Å²) >= 11 is 0. The lowest BCUT2D eigenvalue weighted by molar-refractivity contribution is 0.111. The number of aldehydes is 1. The SMILES string of the molecule is Cn1c(C=O)cc2c(=O)[nH]c(=O)[nH]c21. The van der Waals surface area contributed by atoms with Gasteiger partial charge >= 0.3 is 5.69 Å². The zero-order valence-electron chi connectivity index (χ0n) is 7.33. The Labute approximate surface area is 77.2 Å². The van der Waals surface area contributed by atoms with Crippen LogP contribution in [0.3, 0.4) is 0 Å². The van der Waals surface area contributed by atoms with E-state index in [1.165, 1.54) is 10.6 Å². The van der Waals surface area contributed by atoms with Gasteiger partial charge in [-0.3, -0.25) is 19.6 Å². The van der Waals surface area contributed by atoms with Crippen LogP contribution in [0.25, 0.3) is 11.0 Å². The van der Waals surface area contributed by atoms with Crippen molar-refractivity contribution in [2.75, 3.05) is 0 Å². The van der Waals surface area contributed by atoms with Crippen molar-refractivity contribution in [1.82, 2.24) is 14.5 Å². The Morgan fingerprint density at radius 2 is 2.07 bits per heavy atom. The van der Waals surface area contributed by atoms with Gasteiger partial charge in [-0.25, -0.2) is 4.79 Å². The van der Waals surface area contributed by atoms with Crippen molar-refractivity contribution < 1.29 is 4.79 Å². The van der Waals surface area contributed by atoms with Gasteiger partial charge in [0.2, 0.25) is 0 Å². The summed E-state index contributed by atoms with van der Waals surface area (Å²) in [6.45, 7) is 0. The lowest BCUT2D eigenvalue weighted by Gasteiger charge is -1.95. The average Bonchev–Trinajstić information content (AvgIpc) is 2.44. The van der Waals surface area contributed by atoms with Gasteiger partial charge in [-0.05, 0) is 6.07 Å². The summed E-state index contributed by atoms with van der Waals surface area (Å²) in [5, 5.41) is 0.300. The van der Waals surface area contributed by atoms with Gasteiger partial charge in [0, 0.05) is 7.05 Å². The Hall–Kier alpha value is -2.11. The van der Waals surface area contributed by atoms with Gasteiger partial charge in [-0.2, -0.15) is 0 Å². The number of nitrogens with one attached hydrogen (secondary N) is 2. The Balaban J connectivity index is 3.07. The van der Waals surface area contributed by atoms with Gasteiger partial charge in [0.05, 0.1) is 11.1 Å². The van der Waals surface area contributed by atoms with Crippen molar-refractivity contribution in [2.24, 2.45) is 7.05 Å². The van der Waals surface area contributed by atoms with Crippen molar-refractivity contribution in [3.05, 3.63) is 32.6 Å². The fourth-order valence-electron chi connectivity index (χ4n) is 1.37. The van der Waals surface area contributed by atoms with Crippen LogP contribution in [-0.4, -0.2) is 20.8 Å². The van der Waals surface area contributed by atoms with Crippen LogP contribution in [0.4, 0.5) is 0 Å². The summed E-state index contributed by atoms with van der Waals surface area (Å²) in [5.74, 6) is 0. The number of hydrogen-bond acceptors (Lipinski definition) is 3. The summed E-state index contributed by atoms with van der Waals surface area (Å²) in [4.78, 5) is 37.3. The smallest absolute Gasteiger partial charge is 0.327 e. The van der Waals surface area contributed by atoms with Crippen LogP contribution in [0.1, 0.15) is 10.5 Å². The van der Waals surface area contributed by atoms with Crippen molar-refractivity contribution in [2.45, 2.75) is 0 Å². The Bertz CT molecular complexity index is 617. The molecule has 0 saturated carbocycles. The van der Waals surface area contributed by atoms with E-state index in [4.69, 9.17) is 0 Å².